The number of nitrogens with zero attached hydrogens (tertiary/aromatic N) is 1. The SMILES string of the molecule is CC.CC(=O)C1CCC(C(=O)N2CC[CH-]CC2)CC1.[Y]. The third-order valence-corrected chi connectivity index (χ3v) is 4.17. The molecule has 0 atom stereocenters. The molecule has 0 unspecified atom stereocenters. The van der Waals surface area contributed by atoms with Gasteiger partial charge in [-0.1, -0.05) is 13.8 Å². The van der Waals surface area contributed by atoms with Gasteiger partial charge in [-0.15, -0.1) is 0 Å². The van der Waals surface area contributed by atoms with E-state index in [1.807, 2.05) is 18.7 Å². The molecule has 1 heterocycles. The van der Waals surface area contributed by atoms with Crippen molar-refractivity contribution in [2.75, 3.05) is 13.1 Å². The van der Waals surface area contributed by atoms with Gasteiger partial charge in [-0.05, 0) is 45.7 Å². The summed E-state index contributed by atoms with van der Waals surface area (Å²) in [5.41, 5.74) is 0. The summed E-state index contributed by atoms with van der Waals surface area (Å²) in [7, 11) is 0. The summed E-state index contributed by atoms with van der Waals surface area (Å²) in [6, 6.07) is 0. The molecule has 0 bridgehead atoms. The predicted molar refractivity (Wildman–Crippen MR) is 77.6 cm³/mol. The molecule has 1 saturated heterocycles. The molecule has 0 aromatic rings. The van der Waals surface area contributed by atoms with Crippen LogP contribution in [0.1, 0.15) is 59.3 Å². The number of rotatable bonds is 2. The molecule has 0 aromatic carbocycles. The Morgan fingerprint density at radius 2 is 1.40 bits per heavy atom. The molecule has 0 spiro atoms. The summed E-state index contributed by atoms with van der Waals surface area (Å²) < 4.78 is 0. The Balaban J connectivity index is 0.00000115. The zero-order valence-electron chi connectivity index (χ0n) is 13.2. The average Bonchev–Trinajstić information content (AvgIpc) is 2.49. The first kappa shape index (κ1) is 20.2. The van der Waals surface area contributed by atoms with Crippen molar-refractivity contribution in [1.29, 1.82) is 0 Å². The van der Waals surface area contributed by atoms with Gasteiger partial charge in [0.05, 0.1) is 0 Å². The van der Waals surface area contributed by atoms with Crippen LogP contribution in [0.15, 0.2) is 0 Å². The molecule has 1 aliphatic carbocycles. The van der Waals surface area contributed by atoms with Crippen molar-refractivity contribution in [3.05, 3.63) is 6.42 Å². The summed E-state index contributed by atoms with van der Waals surface area (Å²) in [5, 5.41) is 0. The van der Waals surface area contributed by atoms with Gasteiger partial charge in [-0.25, -0.2) is 0 Å². The molecule has 4 heteroatoms. The molecule has 0 aromatic heterocycles. The largest absolute Gasteiger partial charge is 0.348 e. The van der Waals surface area contributed by atoms with Crippen molar-refractivity contribution in [2.24, 2.45) is 11.8 Å². The van der Waals surface area contributed by atoms with Gasteiger partial charge in [0.2, 0.25) is 5.91 Å². The molecule has 1 aliphatic heterocycles. The Kier molecular flexibility index (Phi) is 11.0. The van der Waals surface area contributed by atoms with Crippen molar-refractivity contribution in [3.8, 4) is 0 Å². The van der Waals surface area contributed by atoms with E-state index in [0.29, 0.717) is 11.7 Å². The van der Waals surface area contributed by atoms with E-state index < -0.39 is 0 Å². The summed E-state index contributed by atoms with van der Waals surface area (Å²) in [6.45, 7) is 7.46. The van der Waals surface area contributed by atoms with Gasteiger partial charge in [0, 0.05) is 44.5 Å². The third-order valence-electron chi connectivity index (χ3n) is 4.17. The quantitative estimate of drug-likeness (QED) is 0.713. The van der Waals surface area contributed by atoms with Gasteiger partial charge in [-0.3, -0.25) is 9.59 Å². The Bertz CT molecular complexity index is 293. The van der Waals surface area contributed by atoms with Crippen LogP contribution in [0.5, 0.6) is 0 Å². The Morgan fingerprint density at radius 3 is 1.85 bits per heavy atom. The number of amides is 1. The molecule has 1 amide bonds. The van der Waals surface area contributed by atoms with Gasteiger partial charge in [0.1, 0.15) is 5.78 Å². The van der Waals surface area contributed by atoms with Gasteiger partial charge < -0.3 is 11.3 Å². The van der Waals surface area contributed by atoms with Crippen LogP contribution in [0.25, 0.3) is 0 Å². The number of piperidine rings is 1. The second-order valence-electron chi connectivity index (χ2n) is 5.35. The van der Waals surface area contributed by atoms with E-state index in [9.17, 15) is 9.59 Å². The van der Waals surface area contributed by atoms with Crippen LogP contribution in [0.2, 0.25) is 0 Å². The third kappa shape index (κ3) is 5.93. The molecule has 2 aliphatic rings. The molecule has 113 valence electrons. The molecule has 3 nitrogen and oxygen atoms in total. The minimum atomic E-state index is 0. The van der Waals surface area contributed by atoms with Crippen LogP contribution in [0.3, 0.4) is 0 Å². The van der Waals surface area contributed by atoms with E-state index in [1.165, 1.54) is 0 Å². The molecule has 2 fully saturated rings. The maximum Gasteiger partial charge on any atom is 0.225 e. The van der Waals surface area contributed by atoms with Crippen LogP contribution >= 0.6 is 0 Å². The van der Waals surface area contributed by atoms with Gasteiger partial charge in [-0.2, -0.15) is 12.8 Å². The van der Waals surface area contributed by atoms with Gasteiger partial charge in [0.25, 0.3) is 0 Å². The van der Waals surface area contributed by atoms with Crippen molar-refractivity contribution in [2.45, 2.75) is 59.3 Å². The van der Waals surface area contributed by atoms with Crippen LogP contribution < -0.4 is 0 Å². The second kappa shape index (κ2) is 10.9. The zero-order chi connectivity index (χ0) is 14.3. The first-order chi connectivity index (χ1) is 9.18. The Labute approximate surface area is 149 Å². The molecule has 20 heavy (non-hydrogen) atoms. The first-order valence-corrected chi connectivity index (χ1v) is 7.79. The number of ketones is 1. The predicted octanol–water partition coefficient (Wildman–Crippen LogP) is 3.23. The van der Waals surface area contributed by atoms with E-state index in [0.717, 1.165) is 51.6 Å². The van der Waals surface area contributed by atoms with E-state index in [2.05, 4.69) is 6.42 Å². The van der Waals surface area contributed by atoms with E-state index in [1.54, 1.807) is 6.92 Å². The number of likely N-dealkylation sites (tertiary alicyclic amines) is 1. The Morgan fingerprint density at radius 1 is 0.950 bits per heavy atom. The zero-order valence-corrected chi connectivity index (χ0v) is 16.1. The van der Waals surface area contributed by atoms with Gasteiger partial charge in [0.15, 0.2) is 0 Å². The average molecular weight is 355 g/mol. The molecule has 1 saturated carbocycles. The fourth-order valence-corrected chi connectivity index (χ4v) is 2.98. The fraction of sp³-hybridized carbons (Fsp3) is 0.812. The summed E-state index contributed by atoms with van der Waals surface area (Å²) >= 11 is 0. The van der Waals surface area contributed by atoms with Gasteiger partial charge >= 0.3 is 0 Å². The minimum Gasteiger partial charge on any atom is -0.348 e. The molecular formula is C16H28NO2Y-. The second-order valence-corrected chi connectivity index (χ2v) is 5.35. The topological polar surface area (TPSA) is 37.4 Å². The number of hydrogen-bond acceptors (Lipinski definition) is 2. The summed E-state index contributed by atoms with van der Waals surface area (Å²) in [4.78, 5) is 25.5. The molecular weight excluding hydrogens is 327 g/mol. The fourth-order valence-electron chi connectivity index (χ4n) is 2.98. The molecule has 0 N–H and O–H groups in total. The standard InChI is InChI=1S/C14H22NO2.C2H6.Y/c1-11(16)12-5-7-13(8-6-12)14(17)15-9-3-2-4-10-15;1-2;/h2,12-13H,3-10H2,1H3;1-2H3;/q-1;;. The monoisotopic (exact) mass is 355 g/mol. The Hall–Kier alpha value is 0.244. The smallest absolute Gasteiger partial charge is 0.225 e. The summed E-state index contributed by atoms with van der Waals surface area (Å²) in [6.07, 6.45) is 7.96. The summed E-state index contributed by atoms with van der Waals surface area (Å²) in [5.74, 6) is 1.03. The number of hydrogen-bond donors (Lipinski definition) is 0. The maximum absolute atomic E-state index is 12.3. The van der Waals surface area contributed by atoms with Crippen molar-refractivity contribution in [1.82, 2.24) is 4.90 Å². The minimum absolute atomic E-state index is 0. The maximum atomic E-state index is 12.3. The van der Waals surface area contributed by atoms with E-state index >= 15 is 0 Å². The first-order valence-electron chi connectivity index (χ1n) is 7.79. The molecule has 2 rings (SSSR count). The number of carbonyl (C=O) groups is 2. The van der Waals surface area contributed by atoms with Crippen molar-refractivity contribution < 1.29 is 42.3 Å². The van der Waals surface area contributed by atoms with Crippen molar-refractivity contribution >= 4 is 11.7 Å². The number of carbonyl (C=O) groups excluding carboxylic acids is 2. The van der Waals surface area contributed by atoms with E-state index in [4.69, 9.17) is 0 Å². The van der Waals surface area contributed by atoms with Crippen LogP contribution in [-0.2, 0) is 42.3 Å². The number of Topliss-reactive ketones (excluding diaryl/α,β-unsaturated/α-hetero) is 1. The van der Waals surface area contributed by atoms with Crippen LogP contribution in [0.4, 0.5) is 0 Å². The van der Waals surface area contributed by atoms with Crippen molar-refractivity contribution in [3.63, 3.8) is 0 Å². The normalized spacial score (nSPS) is 25.9. The van der Waals surface area contributed by atoms with E-state index in [-0.39, 0.29) is 44.5 Å². The molecule has 1 radical (unpaired) electrons. The van der Waals surface area contributed by atoms with Crippen LogP contribution in [0, 0.1) is 18.3 Å². The van der Waals surface area contributed by atoms with Crippen LogP contribution in [-0.4, -0.2) is 29.7 Å².